The van der Waals surface area contributed by atoms with E-state index in [-0.39, 0.29) is 0 Å². The lowest BCUT2D eigenvalue weighted by Crippen LogP contribution is -2.14. The van der Waals surface area contributed by atoms with Gasteiger partial charge in [-0.3, -0.25) is 0 Å². The van der Waals surface area contributed by atoms with Gasteiger partial charge in [0.2, 0.25) is 0 Å². The predicted octanol–water partition coefficient (Wildman–Crippen LogP) is 2.71. The fourth-order valence-electron chi connectivity index (χ4n) is 2.65. The van der Waals surface area contributed by atoms with Gasteiger partial charge in [-0.2, -0.15) is 0 Å². The van der Waals surface area contributed by atoms with Crippen LogP contribution in [-0.2, 0) is 6.54 Å². The molecule has 0 amide bonds. The molecular formula is C16H16N2O2. The summed E-state index contributed by atoms with van der Waals surface area (Å²) in [5.74, 6) is -0.891. The molecule has 0 spiro atoms. The van der Waals surface area contributed by atoms with E-state index in [1.54, 1.807) is 12.1 Å². The number of likely N-dealkylation sites (N-methyl/N-ethyl adjacent to an activating group) is 1. The molecule has 1 heterocycles. The third-order valence-corrected chi connectivity index (χ3v) is 3.61. The van der Waals surface area contributed by atoms with E-state index in [0.29, 0.717) is 5.56 Å². The molecule has 2 aromatic carbocycles. The summed E-state index contributed by atoms with van der Waals surface area (Å²) < 4.78 is 2.17. The minimum Gasteiger partial charge on any atom is -0.478 e. The maximum atomic E-state index is 11.2. The van der Waals surface area contributed by atoms with Crippen LogP contribution in [0.5, 0.6) is 0 Å². The van der Waals surface area contributed by atoms with Crippen LogP contribution in [-0.4, -0.2) is 29.2 Å². The first-order valence-corrected chi connectivity index (χ1v) is 6.61. The molecule has 0 radical (unpaired) electrons. The molecule has 3 aromatic rings. The van der Waals surface area contributed by atoms with Crippen LogP contribution < -0.4 is 5.32 Å². The Hall–Kier alpha value is -2.33. The molecule has 4 nitrogen and oxygen atoms in total. The number of nitrogens with one attached hydrogen (secondary N) is 1. The number of rotatable bonds is 4. The van der Waals surface area contributed by atoms with Gasteiger partial charge in [-0.1, -0.05) is 24.3 Å². The minimum atomic E-state index is -0.891. The predicted molar refractivity (Wildman–Crippen MR) is 80.3 cm³/mol. The van der Waals surface area contributed by atoms with Crippen molar-refractivity contribution in [3.05, 3.63) is 48.0 Å². The van der Waals surface area contributed by atoms with Gasteiger partial charge in [0.25, 0.3) is 0 Å². The Labute approximate surface area is 116 Å². The summed E-state index contributed by atoms with van der Waals surface area (Å²) in [6.07, 6.45) is 0. The van der Waals surface area contributed by atoms with Gasteiger partial charge in [0.1, 0.15) is 0 Å². The zero-order valence-corrected chi connectivity index (χ0v) is 11.3. The molecule has 3 rings (SSSR count). The smallest absolute Gasteiger partial charge is 0.335 e. The maximum absolute atomic E-state index is 11.2. The molecule has 1 aromatic heterocycles. The van der Waals surface area contributed by atoms with Crippen LogP contribution in [0.3, 0.4) is 0 Å². The van der Waals surface area contributed by atoms with E-state index < -0.39 is 5.97 Å². The quantitative estimate of drug-likeness (QED) is 0.765. The summed E-state index contributed by atoms with van der Waals surface area (Å²) in [7, 11) is 1.91. The Kier molecular flexibility index (Phi) is 3.16. The van der Waals surface area contributed by atoms with Crippen molar-refractivity contribution in [1.82, 2.24) is 9.88 Å². The molecule has 0 bridgehead atoms. The van der Waals surface area contributed by atoms with Crippen molar-refractivity contribution < 1.29 is 9.90 Å². The van der Waals surface area contributed by atoms with E-state index >= 15 is 0 Å². The summed E-state index contributed by atoms with van der Waals surface area (Å²) in [5.41, 5.74) is 2.44. The first-order chi connectivity index (χ1) is 9.72. The molecular weight excluding hydrogens is 252 g/mol. The van der Waals surface area contributed by atoms with E-state index in [2.05, 4.69) is 22.0 Å². The zero-order chi connectivity index (χ0) is 14.1. The molecule has 0 fully saturated rings. The van der Waals surface area contributed by atoms with Crippen molar-refractivity contribution >= 4 is 27.8 Å². The SMILES string of the molecule is CNCCn1c2ccccc2c2ccc(C(=O)O)cc21. The van der Waals surface area contributed by atoms with Crippen LogP contribution in [0.4, 0.5) is 0 Å². The molecule has 0 aliphatic carbocycles. The first-order valence-electron chi connectivity index (χ1n) is 6.61. The Balaban J connectivity index is 2.33. The molecule has 4 heteroatoms. The molecule has 102 valence electrons. The molecule has 0 aliphatic heterocycles. The highest BCUT2D eigenvalue weighted by atomic mass is 16.4. The van der Waals surface area contributed by atoms with Gasteiger partial charge in [0, 0.05) is 34.9 Å². The zero-order valence-electron chi connectivity index (χ0n) is 11.3. The number of carbonyl (C=O) groups is 1. The Morgan fingerprint density at radius 2 is 1.90 bits per heavy atom. The van der Waals surface area contributed by atoms with E-state index in [9.17, 15) is 4.79 Å². The van der Waals surface area contributed by atoms with E-state index in [1.807, 2.05) is 25.2 Å². The van der Waals surface area contributed by atoms with Crippen molar-refractivity contribution in [1.29, 1.82) is 0 Å². The monoisotopic (exact) mass is 268 g/mol. The van der Waals surface area contributed by atoms with E-state index in [4.69, 9.17) is 5.11 Å². The number of hydrogen-bond donors (Lipinski definition) is 2. The lowest BCUT2D eigenvalue weighted by Gasteiger charge is -2.07. The van der Waals surface area contributed by atoms with Crippen LogP contribution in [0, 0.1) is 0 Å². The van der Waals surface area contributed by atoms with Gasteiger partial charge in [0.15, 0.2) is 0 Å². The number of carboxylic acids is 1. The number of nitrogens with zero attached hydrogens (tertiary/aromatic N) is 1. The summed E-state index contributed by atoms with van der Waals surface area (Å²) >= 11 is 0. The Morgan fingerprint density at radius 1 is 1.15 bits per heavy atom. The second kappa shape index (κ2) is 4.98. The third-order valence-electron chi connectivity index (χ3n) is 3.61. The standard InChI is InChI=1S/C16H16N2O2/c1-17-8-9-18-14-5-3-2-4-12(14)13-7-6-11(16(19)20)10-15(13)18/h2-7,10,17H,8-9H2,1H3,(H,19,20). The van der Waals surface area contributed by atoms with Crippen LogP contribution >= 0.6 is 0 Å². The van der Waals surface area contributed by atoms with E-state index in [1.165, 1.54) is 0 Å². The summed E-state index contributed by atoms with van der Waals surface area (Å²) in [6.45, 7) is 1.65. The second-order valence-corrected chi connectivity index (χ2v) is 4.81. The number of aromatic carboxylic acids is 1. The number of para-hydroxylation sites is 1. The highest BCUT2D eigenvalue weighted by Gasteiger charge is 2.12. The molecule has 0 aliphatic rings. The van der Waals surface area contributed by atoms with Gasteiger partial charge < -0.3 is 15.0 Å². The Bertz CT molecular complexity index is 790. The fraction of sp³-hybridized carbons (Fsp3) is 0.188. The van der Waals surface area contributed by atoms with Crippen LogP contribution in [0.25, 0.3) is 21.8 Å². The molecule has 0 saturated heterocycles. The van der Waals surface area contributed by atoms with Gasteiger partial charge >= 0.3 is 5.97 Å². The number of benzene rings is 2. The van der Waals surface area contributed by atoms with Crippen molar-refractivity contribution in [2.45, 2.75) is 6.54 Å². The van der Waals surface area contributed by atoms with Gasteiger partial charge in [-0.25, -0.2) is 4.79 Å². The molecule has 2 N–H and O–H groups in total. The number of aromatic nitrogens is 1. The highest BCUT2D eigenvalue weighted by molar-refractivity contribution is 6.09. The van der Waals surface area contributed by atoms with Crippen molar-refractivity contribution in [3.8, 4) is 0 Å². The summed E-state index contributed by atoms with van der Waals surface area (Å²) in [6, 6.07) is 13.5. The van der Waals surface area contributed by atoms with Crippen LogP contribution in [0.15, 0.2) is 42.5 Å². The number of carboxylic acid groups (broad SMARTS) is 1. The fourth-order valence-corrected chi connectivity index (χ4v) is 2.65. The van der Waals surface area contributed by atoms with Crippen molar-refractivity contribution in [2.24, 2.45) is 0 Å². The Morgan fingerprint density at radius 3 is 2.65 bits per heavy atom. The maximum Gasteiger partial charge on any atom is 0.335 e. The average Bonchev–Trinajstić information content (AvgIpc) is 2.78. The topological polar surface area (TPSA) is 54.3 Å². The largest absolute Gasteiger partial charge is 0.478 e. The second-order valence-electron chi connectivity index (χ2n) is 4.81. The van der Waals surface area contributed by atoms with Gasteiger partial charge in [-0.15, -0.1) is 0 Å². The lowest BCUT2D eigenvalue weighted by molar-refractivity contribution is 0.0697. The van der Waals surface area contributed by atoms with Crippen molar-refractivity contribution in [2.75, 3.05) is 13.6 Å². The third kappa shape index (κ3) is 1.94. The molecule has 20 heavy (non-hydrogen) atoms. The number of hydrogen-bond acceptors (Lipinski definition) is 2. The van der Waals surface area contributed by atoms with Crippen LogP contribution in [0.2, 0.25) is 0 Å². The summed E-state index contributed by atoms with van der Waals surface area (Å²) in [5, 5.41) is 14.6. The van der Waals surface area contributed by atoms with Gasteiger partial charge in [-0.05, 0) is 25.2 Å². The molecule has 0 saturated carbocycles. The molecule has 0 unspecified atom stereocenters. The van der Waals surface area contributed by atoms with Crippen LogP contribution in [0.1, 0.15) is 10.4 Å². The highest BCUT2D eigenvalue weighted by Crippen LogP contribution is 2.29. The normalized spacial score (nSPS) is 11.2. The van der Waals surface area contributed by atoms with Crippen molar-refractivity contribution in [3.63, 3.8) is 0 Å². The average molecular weight is 268 g/mol. The van der Waals surface area contributed by atoms with E-state index in [0.717, 1.165) is 34.9 Å². The minimum absolute atomic E-state index is 0.325. The lowest BCUT2D eigenvalue weighted by atomic mass is 10.1. The molecule has 0 atom stereocenters. The first kappa shape index (κ1) is 12.7. The number of fused-ring (bicyclic) bond motifs is 3. The van der Waals surface area contributed by atoms with Gasteiger partial charge in [0.05, 0.1) is 5.56 Å². The summed E-state index contributed by atoms with van der Waals surface area (Å²) in [4.78, 5) is 11.2.